The van der Waals surface area contributed by atoms with Crippen LogP contribution in [0.3, 0.4) is 0 Å². The molecule has 0 radical (unpaired) electrons. The molecule has 0 spiro atoms. The largest absolute Gasteiger partial charge is 0.398 e. The number of imide groups is 1. The summed E-state index contributed by atoms with van der Waals surface area (Å²) in [4.78, 5) is 25.7. The molecule has 1 aromatic rings. The van der Waals surface area contributed by atoms with Crippen molar-refractivity contribution in [1.82, 2.24) is 4.90 Å². The summed E-state index contributed by atoms with van der Waals surface area (Å²) in [6.07, 6.45) is 2.13. The van der Waals surface area contributed by atoms with Crippen molar-refractivity contribution in [3.8, 4) is 0 Å². The second-order valence-electron chi connectivity index (χ2n) is 4.67. The van der Waals surface area contributed by atoms with Gasteiger partial charge >= 0.3 is 0 Å². The molecule has 2 N–H and O–H groups in total. The average Bonchev–Trinajstić information content (AvgIpc) is 2.60. The molecule has 2 amide bonds. The van der Waals surface area contributed by atoms with Crippen molar-refractivity contribution in [2.45, 2.75) is 19.4 Å². The minimum absolute atomic E-state index is 0.282. The quantitative estimate of drug-likeness (QED) is 0.659. The third kappa shape index (κ3) is 2.40. The number of benzene rings is 1. The van der Waals surface area contributed by atoms with Gasteiger partial charge in [-0.15, -0.1) is 0 Å². The molecule has 19 heavy (non-hydrogen) atoms. The van der Waals surface area contributed by atoms with Crippen molar-refractivity contribution in [1.29, 1.82) is 0 Å². The molecule has 0 aliphatic carbocycles. The van der Waals surface area contributed by atoms with Crippen LogP contribution >= 0.6 is 0 Å². The lowest BCUT2D eigenvalue weighted by Crippen LogP contribution is -2.38. The van der Waals surface area contributed by atoms with E-state index in [1.54, 1.807) is 31.4 Å². The van der Waals surface area contributed by atoms with E-state index in [4.69, 9.17) is 5.73 Å². The molecule has 2 unspecified atom stereocenters. The van der Waals surface area contributed by atoms with Gasteiger partial charge in [-0.3, -0.25) is 18.7 Å². The van der Waals surface area contributed by atoms with E-state index in [0.29, 0.717) is 23.4 Å². The summed E-state index contributed by atoms with van der Waals surface area (Å²) in [7, 11) is -0.937. The number of anilines is 1. The third-order valence-electron chi connectivity index (χ3n) is 3.24. The van der Waals surface area contributed by atoms with Crippen molar-refractivity contribution in [3.63, 3.8) is 0 Å². The first-order chi connectivity index (χ1) is 8.93. The highest BCUT2D eigenvalue weighted by molar-refractivity contribution is 7.84. The van der Waals surface area contributed by atoms with Crippen molar-refractivity contribution in [3.05, 3.63) is 29.3 Å². The lowest BCUT2D eigenvalue weighted by molar-refractivity contribution is 0.0594. The van der Waals surface area contributed by atoms with Crippen LogP contribution in [-0.2, 0) is 10.8 Å². The molecule has 0 saturated heterocycles. The molecule has 0 aromatic heterocycles. The van der Waals surface area contributed by atoms with Crippen molar-refractivity contribution >= 4 is 28.3 Å². The Hall–Kier alpha value is -1.69. The third-order valence-corrected chi connectivity index (χ3v) is 4.05. The fourth-order valence-electron chi connectivity index (χ4n) is 2.20. The van der Waals surface area contributed by atoms with Gasteiger partial charge in [-0.05, 0) is 25.5 Å². The molecule has 102 valence electrons. The summed E-state index contributed by atoms with van der Waals surface area (Å²) in [6, 6.07) is 4.60. The van der Waals surface area contributed by atoms with Gasteiger partial charge in [0.1, 0.15) is 0 Å². The van der Waals surface area contributed by atoms with Gasteiger partial charge in [-0.2, -0.15) is 0 Å². The average molecular weight is 280 g/mol. The molecule has 6 heteroatoms. The summed E-state index contributed by atoms with van der Waals surface area (Å²) in [5, 5.41) is 0. The Morgan fingerprint density at radius 2 is 2.00 bits per heavy atom. The normalized spacial score (nSPS) is 17.5. The maximum Gasteiger partial charge on any atom is 0.263 e. The number of amides is 2. The lowest BCUT2D eigenvalue weighted by atomic mass is 10.1. The molecule has 0 fully saturated rings. The van der Waals surface area contributed by atoms with Gasteiger partial charge in [0.2, 0.25) is 0 Å². The molecule has 0 saturated carbocycles. The molecular weight excluding hydrogens is 264 g/mol. The van der Waals surface area contributed by atoms with E-state index in [9.17, 15) is 13.8 Å². The summed E-state index contributed by atoms with van der Waals surface area (Å²) in [5.74, 6) is -0.210. The fourth-order valence-corrected chi connectivity index (χ4v) is 2.87. The monoisotopic (exact) mass is 280 g/mol. The van der Waals surface area contributed by atoms with Gasteiger partial charge < -0.3 is 5.73 Å². The summed E-state index contributed by atoms with van der Waals surface area (Å²) in [5.41, 5.74) is 6.73. The van der Waals surface area contributed by atoms with E-state index in [1.807, 2.05) is 0 Å². The van der Waals surface area contributed by atoms with E-state index >= 15 is 0 Å². The summed E-state index contributed by atoms with van der Waals surface area (Å²) in [6.45, 7) is 1.78. The fraction of sp³-hybridized carbons (Fsp3) is 0.385. The van der Waals surface area contributed by atoms with Crippen molar-refractivity contribution < 1.29 is 13.8 Å². The highest BCUT2D eigenvalue weighted by atomic mass is 32.2. The molecule has 2 rings (SSSR count). The number of hydrogen-bond donors (Lipinski definition) is 1. The molecule has 1 aliphatic rings. The Labute approximate surface area is 114 Å². The van der Waals surface area contributed by atoms with Gasteiger partial charge in [-0.1, -0.05) is 6.07 Å². The zero-order valence-electron chi connectivity index (χ0n) is 10.9. The highest BCUT2D eigenvalue weighted by Crippen LogP contribution is 2.29. The lowest BCUT2D eigenvalue weighted by Gasteiger charge is -2.22. The SMILES string of the molecule is CC(CCS(C)=O)N1C(=O)c2cccc(N)c2C1=O. The molecule has 0 bridgehead atoms. The maximum absolute atomic E-state index is 12.3. The van der Waals surface area contributed by atoms with E-state index < -0.39 is 10.8 Å². The first kappa shape index (κ1) is 13.7. The van der Waals surface area contributed by atoms with Gasteiger partial charge in [0.05, 0.1) is 11.1 Å². The topological polar surface area (TPSA) is 80.5 Å². The van der Waals surface area contributed by atoms with Gasteiger partial charge in [0, 0.05) is 34.5 Å². The van der Waals surface area contributed by atoms with Crippen LogP contribution in [0.1, 0.15) is 34.1 Å². The number of nitrogens with two attached hydrogens (primary N) is 1. The van der Waals surface area contributed by atoms with Crippen LogP contribution in [0.2, 0.25) is 0 Å². The highest BCUT2D eigenvalue weighted by Gasteiger charge is 2.39. The number of nitrogens with zero attached hydrogens (tertiary/aromatic N) is 1. The van der Waals surface area contributed by atoms with E-state index in [2.05, 4.69) is 0 Å². The first-order valence-electron chi connectivity index (χ1n) is 6.00. The van der Waals surface area contributed by atoms with Crippen LogP contribution in [-0.4, -0.2) is 39.0 Å². The number of hydrogen-bond acceptors (Lipinski definition) is 4. The number of fused-ring (bicyclic) bond motifs is 1. The Kier molecular flexibility index (Phi) is 3.71. The Morgan fingerprint density at radius 3 is 2.58 bits per heavy atom. The molecule has 1 aliphatic heterocycles. The zero-order chi connectivity index (χ0) is 14.2. The Balaban J connectivity index is 2.27. The minimum Gasteiger partial charge on any atom is -0.398 e. The standard InChI is InChI=1S/C13H16N2O3S/c1-8(6-7-19(2)18)15-12(16)9-4-3-5-10(14)11(9)13(15)17/h3-5,8H,6-7,14H2,1-2H3. The molecule has 5 nitrogen and oxygen atoms in total. The van der Waals surface area contributed by atoms with Crippen LogP contribution in [0, 0.1) is 0 Å². The van der Waals surface area contributed by atoms with Crippen LogP contribution in [0.25, 0.3) is 0 Å². The van der Waals surface area contributed by atoms with Crippen molar-refractivity contribution in [2.24, 2.45) is 0 Å². The van der Waals surface area contributed by atoms with Gasteiger partial charge in [-0.25, -0.2) is 0 Å². The number of carbonyl (C=O) groups excluding carboxylic acids is 2. The summed E-state index contributed by atoms with van der Waals surface area (Å²) >= 11 is 0. The summed E-state index contributed by atoms with van der Waals surface area (Å²) < 4.78 is 11.1. The van der Waals surface area contributed by atoms with Gasteiger partial charge in [0.15, 0.2) is 0 Å². The smallest absolute Gasteiger partial charge is 0.263 e. The second-order valence-corrected chi connectivity index (χ2v) is 6.22. The van der Waals surface area contributed by atoms with E-state index in [1.165, 1.54) is 4.90 Å². The predicted octanol–water partition coefficient (Wildman–Crippen LogP) is 1.02. The number of nitrogen functional groups attached to an aromatic ring is 1. The van der Waals surface area contributed by atoms with Crippen LogP contribution in [0.5, 0.6) is 0 Å². The van der Waals surface area contributed by atoms with E-state index in [0.717, 1.165) is 0 Å². The van der Waals surface area contributed by atoms with Crippen molar-refractivity contribution in [2.75, 3.05) is 17.7 Å². The zero-order valence-corrected chi connectivity index (χ0v) is 11.7. The Morgan fingerprint density at radius 1 is 1.32 bits per heavy atom. The van der Waals surface area contributed by atoms with E-state index in [-0.39, 0.29) is 23.4 Å². The number of rotatable bonds is 4. The Bertz CT molecular complexity index is 571. The van der Waals surface area contributed by atoms with Crippen LogP contribution in [0.4, 0.5) is 5.69 Å². The molecule has 1 aromatic carbocycles. The first-order valence-corrected chi connectivity index (χ1v) is 7.72. The van der Waals surface area contributed by atoms with Gasteiger partial charge in [0.25, 0.3) is 11.8 Å². The molecular formula is C13H16N2O3S. The molecule has 2 atom stereocenters. The second kappa shape index (κ2) is 5.13. The maximum atomic E-state index is 12.3. The van der Waals surface area contributed by atoms with Crippen LogP contribution < -0.4 is 5.73 Å². The minimum atomic E-state index is -0.937. The van der Waals surface area contributed by atoms with Crippen LogP contribution in [0.15, 0.2) is 18.2 Å². The molecule has 1 heterocycles. The predicted molar refractivity (Wildman–Crippen MR) is 74.4 cm³/mol. The number of carbonyl (C=O) groups is 2.